The Morgan fingerprint density at radius 1 is 1.00 bits per heavy atom. The molecule has 0 aliphatic carbocycles. The SMILES string of the molecule is COc1ccc(OC)c(NCc2ccc(F)cc2F)c1. The molecule has 0 bridgehead atoms. The van der Waals surface area contributed by atoms with Gasteiger partial charge in [-0.15, -0.1) is 0 Å². The molecule has 20 heavy (non-hydrogen) atoms. The first kappa shape index (κ1) is 14.1. The van der Waals surface area contributed by atoms with Gasteiger partial charge in [0.15, 0.2) is 0 Å². The molecule has 0 unspecified atom stereocenters. The third-order valence-corrected chi connectivity index (χ3v) is 2.89. The molecule has 0 saturated heterocycles. The van der Waals surface area contributed by atoms with Gasteiger partial charge in [-0.05, 0) is 18.2 Å². The van der Waals surface area contributed by atoms with Crippen molar-refractivity contribution in [3.8, 4) is 11.5 Å². The Morgan fingerprint density at radius 2 is 1.80 bits per heavy atom. The van der Waals surface area contributed by atoms with E-state index in [1.807, 2.05) is 0 Å². The van der Waals surface area contributed by atoms with Gasteiger partial charge in [0.25, 0.3) is 0 Å². The van der Waals surface area contributed by atoms with Crippen LogP contribution in [0, 0.1) is 11.6 Å². The van der Waals surface area contributed by atoms with E-state index in [2.05, 4.69) is 5.32 Å². The van der Waals surface area contributed by atoms with Crippen LogP contribution in [-0.4, -0.2) is 14.2 Å². The standard InChI is InChI=1S/C15H15F2NO2/c1-19-12-5-6-15(20-2)14(8-12)18-9-10-3-4-11(16)7-13(10)17/h3-8,18H,9H2,1-2H3. The van der Waals surface area contributed by atoms with E-state index in [9.17, 15) is 8.78 Å². The van der Waals surface area contributed by atoms with Gasteiger partial charge in [0.1, 0.15) is 23.1 Å². The summed E-state index contributed by atoms with van der Waals surface area (Å²) in [6.07, 6.45) is 0. The molecule has 2 aromatic carbocycles. The summed E-state index contributed by atoms with van der Waals surface area (Å²) in [5, 5.41) is 3.05. The zero-order valence-electron chi connectivity index (χ0n) is 11.2. The summed E-state index contributed by atoms with van der Waals surface area (Å²) in [6, 6.07) is 8.76. The highest BCUT2D eigenvalue weighted by atomic mass is 19.1. The molecule has 1 N–H and O–H groups in total. The van der Waals surface area contributed by atoms with E-state index in [1.54, 1.807) is 32.4 Å². The number of methoxy groups -OCH3 is 2. The van der Waals surface area contributed by atoms with Crippen molar-refractivity contribution in [2.45, 2.75) is 6.54 Å². The quantitative estimate of drug-likeness (QED) is 0.907. The predicted octanol–water partition coefficient (Wildman–Crippen LogP) is 3.59. The van der Waals surface area contributed by atoms with Gasteiger partial charge in [-0.25, -0.2) is 8.78 Å². The van der Waals surface area contributed by atoms with Crippen LogP contribution in [0.4, 0.5) is 14.5 Å². The molecule has 2 aromatic rings. The van der Waals surface area contributed by atoms with Gasteiger partial charge in [0.2, 0.25) is 0 Å². The van der Waals surface area contributed by atoms with E-state index in [0.717, 1.165) is 6.07 Å². The number of hydrogen-bond donors (Lipinski definition) is 1. The van der Waals surface area contributed by atoms with Crippen molar-refractivity contribution < 1.29 is 18.3 Å². The maximum atomic E-state index is 13.5. The molecule has 2 rings (SSSR count). The molecular formula is C15H15F2NO2. The largest absolute Gasteiger partial charge is 0.497 e. The Labute approximate surface area is 116 Å². The molecule has 0 aliphatic rings. The molecule has 3 nitrogen and oxygen atoms in total. The molecule has 0 amide bonds. The van der Waals surface area contributed by atoms with Crippen LogP contribution < -0.4 is 14.8 Å². The smallest absolute Gasteiger partial charge is 0.142 e. The van der Waals surface area contributed by atoms with Crippen LogP contribution in [0.25, 0.3) is 0 Å². The fraction of sp³-hybridized carbons (Fsp3) is 0.200. The zero-order valence-corrected chi connectivity index (χ0v) is 11.2. The Morgan fingerprint density at radius 3 is 2.45 bits per heavy atom. The molecule has 0 aliphatic heterocycles. The van der Waals surface area contributed by atoms with E-state index >= 15 is 0 Å². The molecule has 0 aromatic heterocycles. The lowest BCUT2D eigenvalue weighted by atomic mass is 10.2. The van der Waals surface area contributed by atoms with Gasteiger partial charge in [-0.2, -0.15) is 0 Å². The van der Waals surface area contributed by atoms with Crippen LogP contribution in [0.5, 0.6) is 11.5 Å². The van der Waals surface area contributed by atoms with Crippen molar-refractivity contribution in [2.24, 2.45) is 0 Å². The first-order chi connectivity index (χ1) is 9.63. The average molecular weight is 279 g/mol. The summed E-state index contributed by atoms with van der Waals surface area (Å²) in [6.45, 7) is 0.218. The second-order valence-corrected chi connectivity index (χ2v) is 4.16. The molecular weight excluding hydrogens is 264 g/mol. The molecule has 0 saturated carbocycles. The van der Waals surface area contributed by atoms with Crippen LogP contribution in [0.1, 0.15) is 5.56 Å². The summed E-state index contributed by atoms with van der Waals surface area (Å²) in [5.74, 6) is 0.103. The maximum Gasteiger partial charge on any atom is 0.142 e. The van der Waals surface area contributed by atoms with Crippen molar-refractivity contribution in [3.05, 3.63) is 53.6 Å². The monoisotopic (exact) mass is 279 g/mol. The van der Waals surface area contributed by atoms with Crippen molar-refractivity contribution in [2.75, 3.05) is 19.5 Å². The first-order valence-corrected chi connectivity index (χ1v) is 6.04. The lowest BCUT2D eigenvalue weighted by molar-refractivity contribution is 0.404. The minimum absolute atomic E-state index is 0.218. The second kappa shape index (κ2) is 6.23. The fourth-order valence-electron chi connectivity index (χ4n) is 1.81. The summed E-state index contributed by atoms with van der Waals surface area (Å²) in [7, 11) is 3.11. The van der Waals surface area contributed by atoms with Gasteiger partial charge < -0.3 is 14.8 Å². The zero-order chi connectivity index (χ0) is 14.5. The van der Waals surface area contributed by atoms with Crippen LogP contribution in [-0.2, 0) is 6.54 Å². The van der Waals surface area contributed by atoms with Crippen LogP contribution in [0.2, 0.25) is 0 Å². The topological polar surface area (TPSA) is 30.5 Å². The van der Waals surface area contributed by atoms with Crippen molar-refractivity contribution in [3.63, 3.8) is 0 Å². The third kappa shape index (κ3) is 3.17. The third-order valence-electron chi connectivity index (χ3n) is 2.89. The van der Waals surface area contributed by atoms with Gasteiger partial charge in [-0.1, -0.05) is 6.07 Å². The highest BCUT2D eigenvalue weighted by Crippen LogP contribution is 2.29. The van der Waals surface area contributed by atoms with Gasteiger partial charge >= 0.3 is 0 Å². The Kier molecular flexibility index (Phi) is 4.40. The van der Waals surface area contributed by atoms with Gasteiger partial charge in [0.05, 0.1) is 19.9 Å². The number of hydrogen-bond acceptors (Lipinski definition) is 3. The van der Waals surface area contributed by atoms with E-state index < -0.39 is 11.6 Å². The summed E-state index contributed by atoms with van der Waals surface area (Å²) < 4.78 is 36.7. The van der Waals surface area contributed by atoms with Crippen LogP contribution >= 0.6 is 0 Å². The van der Waals surface area contributed by atoms with Crippen LogP contribution in [0.15, 0.2) is 36.4 Å². The average Bonchev–Trinajstić information content (AvgIpc) is 2.46. The Balaban J connectivity index is 2.17. The van der Waals surface area contributed by atoms with E-state index in [1.165, 1.54) is 12.1 Å². The van der Waals surface area contributed by atoms with Crippen molar-refractivity contribution in [1.82, 2.24) is 0 Å². The minimum Gasteiger partial charge on any atom is -0.497 e. The molecule has 5 heteroatoms. The molecule has 0 fully saturated rings. The number of ether oxygens (including phenoxy) is 2. The second-order valence-electron chi connectivity index (χ2n) is 4.16. The molecule has 0 heterocycles. The van der Waals surface area contributed by atoms with E-state index in [-0.39, 0.29) is 6.54 Å². The normalized spacial score (nSPS) is 10.2. The number of halogens is 2. The Hall–Kier alpha value is -2.30. The lowest BCUT2D eigenvalue weighted by Crippen LogP contribution is -2.04. The number of rotatable bonds is 5. The molecule has 0 spiro atoms. The minimum atomic E-state index is -0.592. The van der Waals surface area contributed by atoms with E-state index in [0.29, 0.717) is 22.7 Å². The van der Waals surface area contributed by atoms with E-state index in [4.69, 9.17) is 9.47 Å². The number of nitrogens with one attached hydrogen (secondary N) is 1. The van der Waals surface area contributed by atoms with Crippen molar-refractivity contribution >= 4 is 5.69 Å². The number of anilines is 1. The van der Waals surface area contributed by atoms with Gasteiger partial charge in [0, 0.05) is 24.2 Å². The number of benzene rings is 2. The summed E-state index contributed by atoms with van der Waals surface area (Å²) in [4.78, 5) is 0. The highest BCUT2D eigenvalue weighted by Gasteiger charge is 2.07. The molecule has 0 radical (unpaired) electrons. The molecule has 106 valence electrons. The fourth-order valence-corrected chi connectivity index (χ4v) is 1.81. The summed E-state index contributed by atoms with van der Waals surface area (Å²) in [5.41, 5.74) is 1.05. The lowest BCUT2D eigenvalue weighted by Gasteiger charge is -2.13. The highest BCUT2D eigenvalue weighted by molar-refractivity contribution is 5.59. The van der Waals surface area contributed by atoms with Crippen LogP contribution in [0.3, 0.4) is 0 Å². The van der Waals surface area contributed by atoms with Gasteiger partial charge in [-0.3, -0.25) is 0 Å². The first-order valence-electron chi connectivity index (χ1n) is 6.04. The predicted molar refractivity (Wildman–Crippen MR) is 73.2 cm³/mol. The molecule has 0 atom stereocenters. The van der Waals surface area contributed by atoms with Crippen molar-refractivity contribution in [1.29, 1.82) is 0 Å². The Bertz CT molecular complexity index is 602. The summed E-state index contributed by atoms with van der Waals surface area (Å²) >= 11 is 0. The maximum absolute atomic E-state index is 13.5.